The average molecular weight is 154 g/mol. The van der Waals surface area contributed by atoms with Gasteiger partial charge in [0.15, 0.2) is 0 Å². The van der Waals surface area contributed by atoms with E-state index in [-0.39, 0.29) is 18.4 Å². The van der Waals surface area contributed by atoms with Gasteiger partial charge >= 0.3 is 0 Å². The van der Waals surface area contributed by atoms with Gasteiger partial charge in [0.25, 0.3) is 0 Å². The van der Waals surface area contributed by atoms with Crippen molar-refractivity contribution in [3.8, 4) is 0 Å². The molecule has 0 bridgehead atoms. The maximum atomic E-state index is 12.9. The van der Waals surface area contributed by atoms with Crippen molar-refractivity contribution in [3.63, 3.8) is 0 Å². The molecule has 0 aromatic heterocycles. The molecule has 0 radical (unpaired) electrons. The molecular weight excluding hydrogens is 141 g/mol. The first-order chi connectivity index (χ1) is 3.63. The molecule has 2 atom stereocenters. The van der Waals surface area contributed by atoms with Crippen LogP contribution in [-0.2, 0) is 0 Å². The molecule has 0 amide bonds. The second-order valence-corrected chi connectivity index (χ2v) is 2.78. The smallest absolute Gasteiger partial charge is 0.123 e. The zero-order valence-electron chi connectivity index (χ0n) is 5.56. The highest BCUT2D eigenvalue weighted by atomic mass is 35.5. The van der Waals surface area contributed by atoms with Gasteiger partial charge in [0.05, 0.1) is 0 Å². The van der Waals surface area contributed by atoms with E-state index in [0.29, 0.717) is 6.42 Å². The van der Waals surface area contributed by atoms with Gasteiger partial charge in [-0.05, 0) is 26.2 Å². The largest absolute Gasteiger partial charge is 0.325 e. The molecule has 1 saturated carbocycles. The van der Waals surface area contributed by atoms with E-state index < -0.39 is 5.67 Å². The van der Waals surface area contributed by atoms with E-state index in [1.54, 1.807) is 6.92 Å². The van der Waals surface area contributed by atoms with E-state index >= 15 is 0 Å². The second kappa shape index (κ2) is 2.84. The fraction of sp³-hybridized carbons (Fsp3) is 1.00. The highest BCUT2D eigenvalue weighted by Gasteiger charge is 2.35. The molecule has 2 N–H and O–H groups in total. The third-order valence-corrected chi connectivity index (χ3v) is 1.95. The van der Waals surface area contributed by atoms with Crippen LogP contribution in [0.25, 0.3) is 0 Å². The molecule has 0 saturated heterocycles. The molecule has 0 aromatic carbocycles. The van der Waals surface area contributed by atoms with Crippen LogP contribution < -0.4 is 5.73 Å². The van der Waals surface area contributed by atoms with Crippen LogP contribution in [-0.4, -0.2) is 11.7 Å². The number of hydrogen-bond donors (Lipinski definition) is 1. The normalized spacial score (nSPS) is 42.3. The summed E-state index contributed by atoms with van der Waals surface area (Å²) in [7, 11) is 0. The van der Waals surface area contributed by atoms with E-state index in [9.17, 15) is 4.39 Å². The van der Waals surface area contributed by atoms with Crippen LogP contribution in [0.3, 0.4) is 0 Å². The molecule has 1 fully saturated rings. The molecule has 1 aliphatic carbocycles. The first kappa shape index (κ1) is 9.18. The Balaban J connectivity index is 0.000000640. The Morgan fingerprint density at radius 3 is 2.33 bits per heavy atom. The van der Waals surface area contributed by atoms with Gasteiger partial charge < -0.3 is 5.73 Å². The first-order valence-electron chi connectivity index (χ1n) is 3.07. The standard InChI is InChI=1S/C6H12FN.ClH/c1-6(7)4-2-3-5(6)8;/h5H,2-4,8H2,1H3;1H/t5-,6-;/m1./s1. The van der Waals surface area contributed by atoms with Gasteiger partial charge in [-0.25, -0.2) is 4.39 Å². The van der Waals surface area contributed by atoms with Crippen molar-refractivity contribution in [1.82, 2.24) is 0 Å². The molecule has 0 aliphatic heterocycles. The van der Waals surface area contributed by atoms with Crippen LogP contribution in [0.1, 0.15) is 26.2 Å². The lowest BCUT2D eigenvalue weighted by Crippen LogP contribution is -2.36. The minimum Gasteiger partial charge on any atom is -0.325 e. The number of hydrogen-bond acceptors (Lipinski definition) is 1. The van der Waals surface area contributed by atoms with Crippen LogP contribution in [0, 0.1) is 0 Å². The summed E-state index contributed by atoms with van der Waals surface area (Å²) in [6.45, 7) is 1.59. The molecule has 1 nitrogen and oxygen atoms in total. The Morgan fingerprint density at radius 2 is 2.22 bits per heavy atom. The molecule has 0 aromatic rings. The zero-order chi connectivity index (χ0) is 6.20. The maximum Gasteiger partial charge on any atom is 0.123 e. The summed E-state index contributed by atoms with van der Waals surface area (Å²) in [6.07, 6.45) is 2.45. The lowest BCUT2D eigenvalue weighted by molar-refractivity contribution is 0.175. The van der Waals surface area contributed by atoms with E-state index in [4.69, 9.17) is 5.73 Å². The van der Waals surface area contributed by atoms with E-state index in [2.05, 4.69) is 0 Å². The lowest BCUT2D eigenvalue weighted by atomic mass is 10.0. The van der Waals surface area contributed by atoms with Crippen LogP contribution in [0.4, 0.5) is 4.39 Å². The molecule has 1 rings (SSSR count). The van der Waals surface area contributed by atoms with Crippen molar-refractivity contribution < 1.29 is 4.39 Å². The third kappa shape index (κ3) is 1.80. The first-order valence-corrected chi connectivity index (χ1v) is 3.07. The quantitative estimate of drug-likeness (QED) is 0.563. The summed E-state index contributed by atoms with van der Waals surface area (Å²) in [5, 5.41) is 0. The summed E-state index contributed by atoms with van der Waals surface area (Å²) in [4.78, 5) is 0. The van der Waals surface area contributed by atoms with Crippen LogP contribution in [0.5, 0.6) is 0 Å². The van der Waals surface area contributed by atoms with Crippen molar-refractivity contribution in [2.24, 2.45) is 5.73 Å². The predicted molar refractivity (Wildman–Crippen MR) is 38.6 cm³/mol. The summed E-state index contributed by atoms with van der Waals surface area (Å²) in [5.41, 5.74) is 4.37. The highest BCUT2D eigenvalue weighted by Crippen LogP contribution is 2.31. The summed E-state index contributed by atoms with van der Waals surface area (Å²) < 4.78 is 12.9. The van der Waals surface area contributed by atoms with Crippen molar-refractivity contribution in [2.75, 3.05) is 0 Å². The summed E-state index contributed by atoms with van der Waals surface area (Å²) in [6, 6.07) is -0.206. The van der Waals surface area contributed by atoms with Crippen LogP contribution >= 0.6 is 12.4 Å². The molecule has 3 heteroatoms. The van der Waals surface area contributed by atoms with Crippen molar-refractivity contribution >= 4 is 12.4 Å². The topological polar surface area (TPSA) is 26.0 Å². The van der Waals surface area contributed by atoms with Gasteiger partial charge in [-0.1, -0.05) is 0 Å². The Bertz CT molecular complexity index is 95.1. The predicted octanol–water partition coefficient (Wildman–Crippen LogP) is 1.65. The van der Waals surface area contributed by atoms with Gasteiger partial charge in [0, 0.05) is 6.04 Å². The molecule has 56 valence electrons. The third-order valence-electron chi connectivity index (χ3n) is 1.95. The van der Waals surface area contributed by atoms with Crippen molar-refractivity contribution in [2.45, 2.75) is 37.9 Å². The number of halogens is 2. The van der Waals surface area contributed by atoms with Crippen molar-refractivity contribution in [3.05, 3.63) is 0 Å². The number of alkyl halides is 1. The average Bonchev–Trinajstić information content (AvgIpc) is 1.86. The van der Waals surface area contributed by atoms with Gasteiger partial charge in [-0.15, -0.1) is 12.4 Å². The summed E-state index contributed by atoms with van der Waals surface area (Å²) >= 11 is 0. The molecule has 0 spiro atoms. The Hall–Kier alpha value is 0.180. The SMILES string of the molecule is C[C@@]1(F)CCC[C@H]1N.Cl. The van der Waals surface area contributed by atoms with Crippen LogP contribution in [0.15, 0.2) is 0 Å². The Labute approximate surface area is 61.2 Å². The van der Waals surface area contributed by atoms with Crippen LogP contribution in [0.2, 0.25) is 0 Å². The van der Waals surface area contributed by atoms with E-state index in [1.807, 2.05) is 0 Å². The minimum absolute atomic E-state index is 0. The summed E-state index contributed by atoms with van der Waals surface area (Å²) in [5.74, 6) is 0. The van der Waals surface area contributed by atoms with Gasteiger partial charge in [-0.2, -0.15) is 0 Å². The lowest BCUT2D eigenvalue weighted by Gasteiger charge is -2.17. The van der Waals surface area contributed by atoms with Gasteiger partial charge in [0.1, 0.15) is 5.67 Å². The van der Waals surface area contributed by atoms with Gasteiger partial charge in [-0.3, -0.25) is 0 Å². The number of rotatable bonds is 0. The maximum absolute atomic E-state index is 12.9. The zero-order valence-corrected chi connectivity index (χ0v) is 6.38. The minimum atomic E-state index is -1.07. The molecule has 1 aliphatic rings. The van der Waals surface area contributed by atoms with E-state index in [1.165, 1.54) is 0 Å². The fourth-order valence-corrected chi connectivity index (χ4v) is 1.15. The van der Waals surface area contributed by atoms with Crippen molar-refractivity contribution in [1.29, 1.82) is 0 Å². The number of nitrogens with two attached hydrogens (primary N) is 1. The fourth-order valence-electron chi connectivity index (χ4n) is 1.15. The monoisotopic (exact) mass is 153 g/mol. The Morgan fingerprint density at radius 1 is 1.67 bits per heavy atom. The molecule has 0 heterocycles. The molecule has 9 heavy (non-hydrogen) atoms. The molecule has 0 unspecified atom stereocenters. The Kier molecular flexibility index (Phi) is 2.90. The molecular formula is C6H13ClFN. The highest BCUT2D eigenvalue weighted by molar-refractivity contribution is 5.85. The van der Waals surface area contributed by atoms with E-state index in [0.717, 1.165) is 12.8 Å². The van der Waals surface area contributed by atoms with Gasteiger partial charge in [0.2, 0.25) is 0 Å². The second-order valence-electron chi connectivity index (χ2n) is 2.78.